The molecule has 0 aliphatic rings. The molecule has 20 heavy (non-hydrogen) atoms. The van der Waals surface area contributed by atoms with Crippen molar-refractivity contribution in [2.24, 2.45) is 0 Å². The fraction of sp³-hybridized carbons (Fsp3) is 0.500. The second-order valence-electron chi connectivity index (χ2n) is 5.61. The van der Waals surface area contributed by atoms with Crippen LogP contribution in [0.1, 0.15) is 71.3 Å². The smallest absolute Gasteiger partial charge is 0.0149 e. The van der Waals surface area contributed by atoms with Gasteiger partial charge in [-0.3, -0.25) is 0 Å². The number of fused-ring (bicyclic) bond motifs is 1. The lowest BCUT2D eigenvalue weighted by Crippen LogP contribution is -1.93. The van der Waals surface area contributed by atoms with Crippen LogP contribution < -0.4 is 0 Å². The minimum absolute atomic E-state index is 0.668. The summed E-state index contributed by atoms with van der Waals surface area (Å²) in [6.45, 7) is 9.00. The normalized spacial score (nSPS) is 11.8. The fourth-order valence-corrected chi connectivity index (χ4v) is 2.62. The van der Waals surface area contributed by atoms with E-state index in [9.17, 15) is 0 Å². The Morgan fingerprint density at radius 3 is 2.05 bits per heavy atom. The Morgan fingerprint density at radius 2 is 1.45 bits per heavy atom. The van der Waals surface area contributed by atoms with E-state index in [2.05, 4.69) is 70.2 Å². The second-order valence-corrected chi connectivity index (χ2v) is 5.61. The zero-order chi connectivity index (χ0) is 14.8. The molecule has 0 nitrogen and oxygen atoms in total. The summed E-state index contributed by atoms with van der Waals surface area (Å²) in [5, 5.41) is 2.78. The molecule has 0 spiro atoms. The van der Waals surface area contributed by atoms with Crippen molar-refractivity contribution in [2.45, 2.75) is 65.7 Å². The highest BCUT2D eigenvalue weighted by atomic mass is 14.1. The predicted octanol–water partition coefficient (Wildman–Crippen LogP) is 6.94. The third-order valence-corrected chi connectivity index (χ3v) is 3.78. The molecule has 0 unspecified atom stereocenters. The van der Waals surface area contributed by atoms with E-state index in [0.29, 0.717) is 5.92 Å². The summed E-state index contributed by atoms with van der Waals surface area (Å²) in [6.07, 6.45) is 6.60. The molecule has 0 heteroatoms. The van der Waals surface area contributed by atoms with Crippen LogP contribution in [0.25, 0.3) is 10.8 Å². The molecule has 2 rings (SSSR count). The lowest BCUT2D eigenvalue weighted by molar-refractivity contribution is 0.669. The van der Waals surface area contributed by atoms with E-state index in [1.165, 1.54) is 48.4 Å². The maximum absolute atomic E-state index is 2.32. The summed E-state index contributed by atoms with van der Waals surface area (Å²) < 4.78 is 0. The molecular weight excluding hydrogens is 240 g/mol. The second kappa shape index (κ2) is 9.58. The van der Waals surface area contributed by atoms with Crippen LogP contribution in [0, 0.1) is 0 Å². The predicted molar refractivity (Wildman–Crippen MR) is 92.5 cm³/mol. The zero-order valence-corrected chi connectivity index (χ0v) is 13.7. The van der Waals surface area contributed by atoms with E-state index in [1.807, 2.05) is 0 Å². The summed E-state index contributed by atoms with van der Waals surface area (Å²) in [7, 11) is 0. The van der Waals surface area contributed by atoms with Crippen LogP contribution in [0.4, 0.5) is 0 Å². The van der Waals surface area contributed by atoms with Crippen molar-refractivity contribution in [1.82, 2.24) is 0 Å². The number of unbranched alkanes of at least 4 members (excludes halogenated alkanes) is 2. The van der Waals surface area contributed by atoms with Crippen LogP contribution in [0.5, 0.6) is 0 Å². The summed E-state index contributed by atoms with van der Waals surface area (Å²) in [5.74, 6) is 0.668. The van der Waals surface area contributed by atoms with E-state index >= 15 is 0 Å². The van der Waals surface area contributed by atoms with Gasteiger partial charge < -0.3 is 0 Å². The standard InChI is InChI=1S/C15H18.C5H12/c1-3-7-12(2)14-11-6-9-13-8-4-5-10-15(13)14;1-3-5-4-2/h4-6,8-12H,3,7H2,1-2H3;3-5H2,1-2H3/t12-;/m1./s1. The maximum Gasteiger partial charge on any atom is -0.0149 e. The monoisotopic (exact) mass is 270 g/mol. The van der Waals surface area contributed by atoms with Gasteiger partial charge in [-0.1, -0.05) is 95.8 Å². The third-order valence-electron chi connectivity index (χ3n) is 3.78. The van der Waals surface area contributed by atoms with Gasteiger partial charge in [-0.25, -0.2) is 0 Å². The summed E-state index contributed by atoms with van der Waals surface area (Å²) in [6, 6.07) is 15.3. The minimum atomic E-state index is 0.668. The van der Waals surface area contributed by atoms with Gasteiger partial charge in [0.05, 0.1) is 0 Å². The molecule has 0 aliphatic carbocycles. The van der Waals surface area contributed by atoms with Gasteiger partial charge in [0, 0.05) is 0 Å². The van der Waals surface area contributed by atoms with Gasteiger partial charge in [0.1, 0.15) is 0 Å². The van der Waals surface area contributed by atoms with Gasteiger partial charge in [0.15, 0.2) is 0 Å². The van der Waals surface area contributed by atoms with Gasteiger partial charge in [-0.2, -0.15) is 0 Å². The highest BCUT2D eigenvalue weighted by molar-refractivity contribution is 5.86. The van der Waals surface area contributed by atoms with E-state index in [4.69, 9.17) is 0 Å². The van der Waals surface area contributed by atoms with E-state index in [0.717, 1.165) is 0 Å². The van der Waals surface area contributed by atoms with Gasteiger partial charge >= 0.3 is 0 Å². The van der Waals surface area contributed by atoms with Crippen LogP contribution >= 0.6 is 0 Å². The molecule has 0 saturated carbocycles. The molecule has 0 saturated heterocycles. The summed E-state index contributed by atoms with van der Waals surface area (Å²) >= 11 is 0. The first-order valence-corrected chi connectivity index (χ1v) is 8.22. The molecule has 2 aromatic carbocycles. The molecule has 0 aliphatic heterocycles. The first-order valence-electron chi connectivity index (χ1n) is 8.22. The van der Waals surface area contributed by atoms with E-state index in [-0.39, 0.29) is 0 Å². The Balaban J connectivity index is 0.000000347. The maximum atomic E-state index is 2.32. The van der Waals surface area contributed by atoms with Crippen molar-refractivity contribution in [3.63, 3.8) is 0 Å². The minimum Gasteiger partial charge on any atom is -0.0654 e. The van der Waals surface area contributed by atoms with Crippen LogP contribution in [0.3, 0.4) is 0 Å². The summed E-state index contributed by atoms with van der Waals surface area (Å²) in [5.41, 5.74) is 1.50. The quantitative estimate of drug-likeness (QED) is 0.552. The molecular formula is C20H30. The molecule has 0 radical (unpaired) electrons. The van der Waals surface area contributed by atoms with Crippen LogP contribution in [-0.4, -0.2) is 0 Å². The molecule has 0 N–H and O–H groups in total. The topological polar surface area (TPSA) is 0 Å². The molecule has 0 bridgehead atoms. The first-order chi connectivity index (χ1) is 9.74. The van der Waals surface area contributed by atoms with Crippen molar-refractivity contribution in [3.05, 3.63) is 48.0 Å². The average molecular weight is 270 g/mol. The lowest BCUT2D eigenvalue weighted by Gasteiger charge is -2.13. The van der Waals surface area contributed by atoms with Gasteiger partial charge in [-0.05, 0) is 28.7 Å². The molecule has 0 aromatic heterocycles. The number of hydrogen-bond donors (Lipinski definition) is 0. The van der Waals surface area contributed by atoms with Crippen molar-refractivity contribution in [3.8, 4) is 0 Å². The summed E-state index contributed by atoms with van der Waals surface area (Å²) in [4.78, 5) is 0. The average Bonchev–Trinajstić information content (AvgIpc) is 2.48. The zero-order valence-electron chi connectivity index (χ0n) is 13.7. The number of hydrogen-bond acceptors (Lipinski definition) is 0. The Hall–Kier alpha value is -1.30. The van der Waals surface area contributed by atoms with Crippen molar-refractivity contribution in [2.75, 3.05) is 0 Å². The van der Waals surface area contributed by atoms with Crippen LogP contribution in [0.2, 0.25) is 0 Å². The third kappa shape index (κ3) is 5.00. The SMILES string of the molecule is CCCCC.CCC[C@@H](C)c1cccc2ccccc12. The number of benzene rings is 2. The molecule has 2 aromatic rings. The lowest BCUT2D eigenvalue weighted by atomic mass is 9.92. The number of rotatable bonds is 5. The molecule has 1 atom stereocenters. The first kappa shape index (κ1) is 16.8. The van der Waals surface area contributed by atoms with Gasteiger partial charge in [-0.15, -0.1) is 0 Å². The van der Waals surface area contributed by atoms with Crippen molar-refractivity contribution >= 4 is 10.8 Å². The Morgan fingerprint density at radius 1 is 0.800 bits per heavy atom. The Bertz CT molecular complexity index is 477. The Labute approximate surface area is 125 Å². The van der Waals surface area contributed by atoms with Crippen molar-refractivity contribution < 1.29 is 0 Å². The Kier molecular flexibility index (Phi) is 8.02. The molecule has 110 valence electrons. The van der Waals surface area contributed by atoms with Gasteiger partial charge in [0.2, 0.25) is 0 Å². The van der Waals surface area contributed by atoms with E-state index < -0.39 is 0 Å². The largest absolute Gasteiger partial charge is 0.0654 e. The molecule has 0 amide bonds. The molecule has 0 fully saturated rings. The van der Waals surface area contributed by atoms with Crippen LogP contribution in [0.15, 0.2) is 42.5 Å². The van der Waals surface area contributed by atoms with Gasteiger partial charge in [0.25, 0.3) is 0 Å². The molecule has 0 heterocycles. The van der Waals surface area contributed by atoms with Crippen LogP contribution in [-0.2, 0) is 0 Å². The van der Waals surface area contributed by atoms with Crippen molar-refractivity contribution in [1.29, 1.82) is 0 Å². The highest BCUT2D eigenvalue weighted by Crippen LogP contribution is 2.28. The highest BCUT2D eigenvalue weighted by Gasteiger charge is 2.07. The van der Waals surface area contributed by atoms with E-state index in [1.54, 1.807) is 0 Å². The fourth-order valence-electron chi connectivity index (χ4n) is 2.62.